The molecule has 4 heteroatoms. The number of rotatable bonds is 10. The van der Waals surface area contributed by atoms with Crippen molar-refractivity contribution in [3.63, 3.8) is 0 Å². The third kappa shape index (κ3) is 9.66. The normalized spacial score (nSPS) is 22.9. The Hall–Kier alpha value is -12.2. The van der Waals surface area contributed by atoms with Gasteiger partial charge in [-0.1, -0.05) is 249 Å². The Morgan fingerprint density at radius 2 is 0.562 bits per heavy atom. The van der Waals surface area contributed by atoms with Gasteiger partial charge in [-0.15, -0.1) is 0 Å². The van der Waals surface area contributed by atoms with E-state index in [1.165, 1.54) is 142 Å². The highest BCUT2D eigenvalue weighted by molar-refractivity contribution is 6.16. The van der Waals surface area contributed by atoms with Crippen LogP contribution in [0.5, 0.6) is 0 Å². The van der Waals surface area contributed by atoms with Gasteiger partial charge in [0.25, 0.3) is 0 Å². The summed E-state index contributed by atoms with van der Waals surface area (Å²) in [6, 6.07) is 126. The fourth-order valence-electron chi connectivity index (χ4n) is 24.8. The average molecular weight is 1440 g/mol. The monoisotopic (exact) mass is 1440 g/mol. The van der Waals surface area contributed by atoms with Crippen LogP contribution in [0.3, 0.4) is 0 Å². The smallest absolute Gasteiger partial charge is 0.137 e. The van der Waals surface area contributed by atoms with Gasteiger partial charge in [0.2, 0.25) is 0 Å². The molecule has 2 spiro atoms. The van der Waals surface area contributed by atoms with Crippen LogP contribution in [0.4, 0.5) is 34.1 Å². The molecular formula is C108H84N2O2. The van der Waals surface area contributed by atoms with E-state index in [2.05, 4.69) is 343 Å². The van der Waals surface area contributed by atoms with Crippen molar-refractivity contribution in [3.8, 4) is 66.8 Å². The first-order valence-corrected chi connectivity index (χ1v) is 41.3. The van der Waals surface area contributed by atoms with E-state index in [-0.39, 0.29) is 10.8 Å². The maximum Gasteiger partial charge on any atom is 0.137 e. The Bertz CT molecular complexity index is 6540. The minimum Gasteiger partial charge on any atom is -0.456 e. The van der Waals surface area contributed by atoms with Crippen molar-refractivity contribution in [1.29, 1.82) is 0 Å². The summed E-state index contributed by atoms with van der Waals surface area (Å²) >= 11 is 0. The summed E-state index contributed by atoms with van der Waals surface area (Å²) in [5.41, 5.74) is 32.9. The minimum absolute atomic E-state index is 0.179. The molecule has 15 aromatic carbocycles. The summed E-state index contributed by atoms with van der Waals surface area (Å²) in [4.78, 5) is 4.83. The Labute approximate surface area is 654 Å². The van der Waals surface area contributed by atoms with E-state index in [9.17, 15) is 0 Å². The van der Waals surface area contributed by atoms with Crippen molar-refractivity contribution in [2.45, 2.75) is 75.0 Å². The van der Waals surface area contributed by atoms with Crippen LogP contribution in [0.1, 0.15) is 86.5 Å². The molecule has 0 amide bonds. The number of para-hydroxylation sites is 2. The van der Waals surface area contributed by atoms with Crippen molar-refractivity contribution in [2.24, 2.45) is 47.3 Å². The lowest BCUT2D eigenvalue weighted by molar-refractivity contribution is -0.0399. The van der Waals surface area contributed by atoms with Crippen molar-refractivity contribution < 1.29 is 8.83 Å². The molecule has 0 unspecified atom stereocenters. The Morgan fingerprint density at radius 1 is 0.214 bits per heavy atom. The Kier molecular flexibility index (Phi) is 14.5. The molecule has 0 radical (unpaired) electrons. The van der Waals surface area contributed by atoms with Crippen molar-refractivity contribution in [3.05, 3.63) is 362 Å². The summed E-state index contributed by atoms with van der Waals surface area (Å²) in [7, 11) is 0. The molecule has 10 aliphatic carbocycles. The Morgan fingerprint density at radius 3 is 1.04 bits per heavy atom. The maximum atomic E-state index is 6.46. The SMILES string of the molecule is c1ccc(-c2ccc(N(c3ccc(-c4ccc5c(c4)-c4ccccc4C54C5CC6CC(C5)CC4C6)c4ccccc34)c3cccc4oc5ccccc5c34)cc2)cc1.c1ccc(-c2ccc(N(c3ccc(-c4ccc5c(c4)-c4ccccc4C54C5CC6CC(C5)CC4C6)cc3)c3cccc4oc5ccccc5c34)cc2)cc1. The lowest BCUT2D eigenvalue weighted by Gasteiger charge is -2.61. The van der Waals surface area contributed by atoms with Crippen LogP contribution in [0.2, 0.25) is 0 Å². The highest BCUT2D eigenvalue weighted by Crippen LogP contribution is 2.72. The van der Waals surface area contributed by atoms with E-state index < -0.39 is 0 Å². The van der Waals surface area contributed by atoms with Gasteiger partial charge in [-0.05, 0) is 297 Å². The fraction of sp³-hybridized carbons (Fsp3) is 0.185. The van der Waals surface area contributed by atoms with Gasteiger partial charge < -0.3 is 18.6 Å². The number of anilines is 6. The second-order valence-electron chi connectivity index (χ2n) is 34.2. The van der Waals surface area contributed by atoms with Gasteiger partial charge in [0.1, 0.15) is 22.3 Å². The van der Waals surface area contributed by atoms with Gasteiger partial charge in [-0.2, -0.15) is 0 Å². The molecule has 17 aromatic rings. The van der Waals surface area contributed by atoms with E-state index in [0.29, 0.717) is 0 Å². The van der Waals surface area contributed by atoms with Crippen LogP contribution in [0.15, 0.2) is 349 Å². The van der Waals surface area contributed by atoms with E-state index in [0.717, 1.165) is 125 Å². The highest BCUT2D eigenvalue weighted by atomic mass is 16.3. The summed E-state index contributed by atoms with van der Waals surface area (Å²) in [6.07, 6.45) is 14.2. The third-order valence-corrected chi connectivity index (χ3v) is 28.7. The maximum absolute atomic E-state index is 6.46. The molecule has 0 aliphatic heterocycles. The lowest BCUT2D eigenvalue weighted by atomic mass is 9.43. The summed E-state index contributed by atoms with van der Waals surface area (Å²) in [5.74, 6) is 6.88. The minimum atomic E-state index is 0.179. The van der Waals surface area contributed by atoms with E-state index in [1.54, 1.807) is 22.3 Å². The van der Waals surface area contributed by atoms with Crippen molar-refractivity contribution in [2.75, 3.05) is 9.80 Å². The van der Waals surface area contributed by atoms with Gasteiger partial charge in [-0.25, -0.2) is 0 Å². The molecule has 0 saturated heterocycles. The topological polar surface area (TPSA) is 32.8 Å². The number of nitrogens with zero attached hydrogens (tertiary/aromatic N) is 2. The first-order valence-electron chi connectivity index (χ1n) is 41.3. The van der Waals surface area contributed by atoms with Crippen molar-refractivity contribution >= 4 is 88.8 Å². The molecule has 27 rings (SSSR count). The molecule has 8 bridgehead atoms. The van der Waals surface area contributed by atoms with Crippen LogP contribution in [-0.2, 0) is 10.8 Å². The first kappa shape index (κ1) is 64.6. The zero-order chi connectivity index (χ0) is 73.3. The number of furan rings is 2. The number of fused-ring (bicyclic) bond motifs is 13. The van der Waals surface area contributed by atoms with Gasteiger partial charge in [0, 0.05) is 44.1 Å². The molecule has 538 valence electrons. The van der Waals surface area contributed by atoms with Gasteiger partial charge in [0.05, 0.1) is 27.8 Å². The van der Waals surface area contributed by atoms with E-state index in [4.69, 9.17) is 8.83 Å². The third-order valence-electron chi connectivity index (χ3n) is 28.7. The fourth-order valence-corrected chi connectivity index (χ4v) is 24.8. The van der Waals surface area contributed by atoms with Gasteiger partial charge in [-0.3, -0.25) is 0 Å². The number of hydrogen-bond donors (Lipinski definition) is 0. The zero-order valence-corrected chi connectivity index (χ0v) is 62.7. The van der Waals surface area contributed by atoms with E-state index in [1.807, 2.05) is 6.07 Å². The molecule has 2 heterocycles. The van der Waals surface area contributed by atoms with Crippen LogP contribution in [-0.4, -0.2) is 0 Å². The molecule has 8 saturated carbocycles. The summed E-state index contributed by atoms with van der Waals surface area (Å²) in [6.45, 7) is 0. The van der Waals surface area contributed by atoms with Crippen LogP contribution < -0.4 is 9.80 Å². The highest BCUT2D eigenvalue weighted by Gasteiger charge is 2.63. The molecule has 112 heavy (non-hydrogen) atoms. The van der Waals surface area contributed by atoms with Crippen molar-refractivity contribution in [1.82, 2.24) is 0 Å². The standard InChI is InChI=1S/C56H43NO.C52H41NO/c1-2-11-37(12-3-1)38-21-24-42(25-22-38)57(52-18-10-20-54-55(52)47-16-7-9-19-53(47)58-54)51-28-26-43(44-13-4-5-15-46(44)51)39-23-27-50-48(34-39)45-14-6-8-17-49(45)56(50)40-30-35-29-36(32-40)33-41(56)31-35;1-2-9-35(10-3-1)36-17-22-41(23-18-36)53(48-14-8-16-50-51(48)44-12-5-7-15-49(44)54-50)42-24-19-37(20-25-42)38-21-26-47-45(32-38)43-11-4-6-13-46(43)52(47)39-28-33-27-34(30-39)31-40(52)29-33/h1-28,34-36,40-41H,29-33H2;1-26,32-34,39-40H,27-31H2. The zero-order valence-electron chi connectivity index (χ0n) is 62.7. The first-order chi connectivity index (χ1) is 55.4. The van der Waals surface area contributed by atoms with Gasteiger partial charge in [0.15, 0.2) is 0 Å². The quantitative estimate of drug-likeness (QED) is 0.137. The molecule has 10 aliphatic rings. The Balaban J connectivity index is 0.000000131. The second kappa shape index (κ2) is 25.1. The molecule has 0 N–H and O–H groups in total. The molecule has 4 nitrogen and oxygen atoms in total. The summed E-state index contributed by atoms with van der Waals surface area (Å²) in [5, 5.41) is 6.96. The molecule has 8 fully saturated rings. The van der Waals surface area contributed by atoms with Gasteiger partial charge >= 0.3 is 0 Å². The molecule has 2 aromatic heterocycles. The largest absolute Gasteiger partial charge is 0.456 e. The van der Waals surface area contributed by atoms with Crippen LogP contribution in [0, 0.1) is 47.3 Å². The summed E-state index contributed by atoms with van der Waals surface area (Å²) < 4.78 is 12.8. The number of benzene rings is 15. The molecular weight excluding hydrogens is 1360 g/mol. The lowest BCUT2D eigenvalue weighted by Crippen LogP contribution is -2.55. The molecule has 0 atom stereocenters. The van der Waals surface area contributed by atoms with Crippen LogP contribution in [0.25, 0.3) is 121 Å². The second-order valence-corrected chi connectivity index (χ2v) is 34.2. The predicted molar refractivity (Wildman–Crippen MR) is 463 cm³/mol. The van der Waals surface area contributed by atoms with E-state index >= 15 is 0 Å². The average Bonchev–Trinajstić information content (AvgIpc) is 1.51. The number of hydrogen-bond acceptors (Lipinski definition) is 4. The van der Waals surface area contributed by atoms with Crippen LogP contribution >= 0.6 is 0 Å². The predicted octanol–water partition coefficient (Wildman–Crippen LogP) is 29.4.